The number of imidazole rings is 1. The number of para-hydroxylation sites is 2. The second-order valence-corrected chi connectivity index (χ2v) is 6.92. The Morgan fingerprint density at radius 1 is 1.28 bits per heavy atom. The van der Waals surface area contributed by atoms with Crippen molar-refractivity contribution in [3.05, 3.63) is 59.9 Å². The average Bonchev–Trinajstić information content (AvgIpc) is 3.16. The summed E-state index contributed by atoms with van der Waals surface area (Å²) in [4.78, 5) is 22.0. The molecule has 1 saturated heterocycles. The maximum Gasteiger partial charge on any atom is 0.223 e. The van der Waals surface area contributed by atoms with E-state index in [-0.39, 0.29) is 18.3 Å². The first-order chi connectivity index (χ1) is 14.1. The first-order valence-electron chi connectivity index (χ1n) is 9.49. The summed E-state index contributed by atoms with van der Waals surface area (Å²) in [6.07, 6.45) is 0.438. The van der Waals surface area contributed by atoms with E-state index >= 15 is 0 Å². The van der Waals surface area contributed by atoms with Gasteiger partial charge in [-0.05, 0) is 24.3 Å². The normalized spacial score (nSPS) is 16.9. The molecule has 2 aromatic carbocycles. The molecular weight excluding hydrogens is 380 g/mol. The second-order valence-electron chi connectivity index (χ2n) is 6.92. The molecule has 8 heteroatoms. The van der Waals surface area contributed by atoms with Gasteiger partial charge >= 0.3 is 0 Å². The summed E-state index contributed by atoms with van der Waals surface area (Å²) in [6, 6.07) is 10.8. The van der Waals surface area contributed by atoms with Crippen molar-refractivity contribution in [1.29, 1.82) is 0 Å². The van der Waals surface area contributed by atoms with Crippen molar-refractivity contribution in [3.63, 3.8) is 0 Å². The monoisotopic (exact) mass is 401 g/mol. The molecule has 1 aromatic heterocycles. The molecule has 1 unspecified atom stereocenters. The van der Waals surface area contributed by atoms with Gasteiger partial charge in [-0.1, -0.05) is 12.1 Å². The second kappa shape index (κ2) is 8.57. The van der Waals surface area contributed by atoms with Gasteiger partial charge in [0.2, 0.25) is 5.91 Å². The van der Waals surface area contributed by atoms with E-state index in [0.717, 1.165) is 35.1 Å². The number of halogens is 2. The lowest BCUT2D eigenvalue weighted by atomic mass is 10.2. The molecular formula is C21H21F2N3O3. The first kappa shape index (κ1) is 19.3. The maximum atomic E-state index is 13.7. The summed E-state index contributed by atoms with van der Waals surface area (Å²) in [5, 5.41) is 0. The lowest BCUT2D eigenvalue weighted by molar-refractivity contribution is -0.139. The van der Waals surface area contributed by atoms with Gasteiger partial charge in [-0.25, -0.2) is 13.8 Å². The average molecular weight is 401 g/mol. The molecule has 1 fully saturated rings. The van der Waals surface area contributed by atoms with Gasteiger partial charge in [0.15, 0.2) is 11.6 Å². The summed E-state index contributed by atoms with van der Waals surface area (Å²) >= 11 is 0. The van der Waals surface area contributed by atoms with E-state index in [2.05, 4.69) is 9.97 Å². The number of fused-ring (bicyclic) bond motifs is 1. The van der Waals surface area contributed by atoms with Crippen LogP contribution in [0.3, 0.4) is 0 Å². The van der Waals surface area contributed by atoms with Gasteiger partial charge in [-0.3, -0.25) is 4.79 Å². The number of aryl methyl sites for hydroxylation is 1. The van der Waals surface area contributed by atoms with Crippen LogP contribution < -0.4 is 4.74 Å². The number of amides is 1. The van der Waals surface area contributed by atoms with Crippen molar-refractivity contribution in [3.8, 4) is 5.75 Å². The Bertz CT molecular complexity index is 975. The number of aromatic nitrogens is 2. The van der Waals surface area contributed by atoms with E-state index in [1.165, 1.54) is 0 Å². The van der Waals surface area contributed by atoms with Crippen molar-refractivity contribution in [1.82, 2.24) is 14.9 Å². The Balaban J connectivity index is 1.29. The van der Waals surface area contributed by atoms with Gasteiger partial charge in [-0.15, -0.1) is 0 Å². The van der Waals surface area contributed by atoms with Crippen LogP contribution in [0, 0.1) is 11.6 Å². The van der Waals surface area contributed by atoms with Crippen molar-refractivity contribution >= 4 is 16.9 Å². The predicted molar refractivity (Wildman–Crippen MR) is 103 cm³/mol. The Morgan fingerprint density at radius 2 is 2.14 bits per heavy atom. The smallest absolute Gasteiger partial charge is 0.223 e. The molecule has 1 aliphatic heterocycles. The van der Waals surface area contributed by atoms with Crippen LogP contribution in [-0.2, 0) is 16.0 Å². The molecule has 6 nitrogen and oxygen atoms in total. The van der Waals surface area contributed by atoms with Gasteiger partial charge < -0.3 is 19.4 Å². The van der Waals surface area contributed by atoms with Crippen molar-refractivity contribution in [2.24, 2.45) is 0 Å². The Hall–Kier alpha value is -3.00. The van der Waals surface area contributed by atoms with Gasteiger partial charge in [0.1, 0.15) is 24.4 Å². The summed E-state index contributed by atoms with van der Waals surface area (Å²) in [5.74, 6) is -0.610. The number of aromatic amines is 1. The molecule has 0 saturated carbocycles. The van der Waals surface area contributed by atoms with Crippen LogP contribution in [0.2, 0.25) is 0 Å². The van der Waals surface area contributed by atoms with E-state index in [9.17, 15) is 13.6 Å². The zero-order chi connectivity index (χ0) is 20.2. The fourth-order valence-corrected chi connectivity index (χ4v) is 3.32. The Kier molecular flexibility index (Phi) is 5.71. The van der Waals surface area contributed by atoms with Crippen LogP contribution in [0.15, 0.2) is 42.5 Å². The number of hydrogen-bond acceptors (Lipinski definition) is 4. The number of nitrogens with zero attached hydrogens (tertiary/aromatic N) is 2. The lowest BCUT2D eigenvalue weighted by Gasteiger charge is -2.33. The summed E-state index contributed by atoms with van der Waals surface area (Å²) in [5.41, 5.74) is 1.83. The zero-order valence-corrected chi connectivity index (χ0v) is 15.7. The molecule has 0 aliphatic carbocycles. The third-order valence-corrected chi connectivity index (χ3v) is 4.82. The van der Waals surface area contributed by atoms with E-state index in [0.29, 0.717) is 32.5 Å². The molecule has 0 radical (unpaired) electrons. The minimum Gasteiger partial charge on any atom is -0.488 e. The van der Waals surface area contributed by atoms with Crippen molar-refractivity contribution < 1.29 is 23.0 Å². The largest absolute Gasteiger partial charge is 0.488 e. The highest BCUT2D eigenvalue weighted by atomic mass is 19.1. The molecule has 4 rings (SSSR count). The van der Waals surface area contributed by atoms with Crippen LogP contribution in [-0.4, -0.2) is 53.2 Å². The quantitative estimate of drug-likeness (QED) is 0.689. The maximum absolute atomic E-state index is 13.7. The molecule has 1 atom stereocenters. The fraction of sp³-hybridized carbons (Fsp3) is 0.333. The minimum absolute atomic E-state index is 0.00399. The molecule has 29 heavy (non-hydrogen) atoms. The third-order valence-electron chi connectivity index (χ3n) is 4.82. The standard InChI is InChI=1S/C21H21F2N3O3/c22-14-5-6-16(23)19(11-14)29-13-15-12-26(9-10-28-15)21(27)8-7-20-24-17-3-1-2-4-18(17)25-20/h1-6,11,15H,7-10,12-13H2,(H,24,25). The molecule has 3 aromatic rings. The van der Waals surface area contributed by atoms with E-state index in [1.54, 1.807) is 4.90 Å². The zero-order valence-electron chi connectivity index (χ0n) is 15.7. The number of carbonyl (C=O) groups excluding carboxylic acids is 1. The molecule has 2 heterocycles. The molecule has 1 amide bonds. The van der Waals surface area contributed by atoms with Crippen molar-refractivity contribution in [2.75, 3.05) is 26.3 Å². The van der Waals surface area contributed by atoms with E-state index in [4.69, 9.17) is 9.47 Å². The summed E-state index contributed by atoms with van der Waals surface area (Å²) in [6.45, 7) is 1.24. The van der Waals surface area contributed by atoms with Gasteiger partial charge in [0, 0.05) is 25.5 Å². The number of nitrogens with one attached hydrogen (secondary N) is 1. The highest BCUT2D eigenvalue weighted by molar-refractivity contribution is 5.77. The molecule has 0 spiro atoms. The first-order valence-corrected chi connectivity index (χ1v) is 9.49. The van der Waals surface area contributed by atoms with Crippen LogP contribution in [0.5, 0.6) is 5.75 Å². The molecule has 0 bridgehead atoms. The summed E-state index contributed by atoms with van der Waals surface area (Å²) < 4.78 is 37.9. The van der Waals surface area contributed by atoms with Crippen LogP contribution in [0.4, 0.5) is 8.78 Å². The topological polar surface area (TPSA) is 67.5 Å². The third kappa shape index (κ3) is 4.71. The molecule has 1 N–H and O–H groups in total. The van der Waals surface area contributed by atoms with Crippen LogP contribution in [0.25, 0.3) is 11.0 Å². The summed E-state index contributed by atoms with van der Waals surface area (Å²) in [7, 11) is 0. The lowest BCUT2D eigenvalue weighted by Crippen LogP contribution is -2.47. The Morgan fingerprint density at radius 3 is 3.00 bits per heavy atom. The number of morpholine rings is 1. The number of benzene rings is 2. The SMILES string of the molecule is O=C(CCc1nc2ccccc2[nH]1)N1CCOC(COc2cc(F)ccc2F)C1. The Labute approximate surface area is 166 Å². The fourth-order valence-electron chi connectivity index (χ4n) is 3.32. The number of rotatable bonds is 6. The molecule has 152 valence electrons. The van der Waals surface area contributed by atoms with Crippen molar-refractivity contribution in [2.45, 2.75) is 18.9 Å². The highest BCUT2D eigenvalue weighted by Crippen LogP contribution is 2.19. The van der Waals surface area contributed by atoms with Gasteiger partial charge in [0.25, 0.3) is 0 Å². The molecule has 1 aliphatic rings. The number of carbonyl (C=O) groups is 1. The minimum atomic E-state index is -0.638. The number of H-pyrrole nitrogens is 1. The van der Waals surface area contributed by atoms with E-state index in [1.807, 2.05) is 24.3 Å². The van der Waals surface area contributed by atoms with E-state index < -0.39 is 17.7 Å². The predicted octanol–water partition coefficient (Wildman–Crippen LogP) is 3.08. The number of hydrogen-bond donors (Lipinski definition) is 1. The van der Waals surface area contributed by atoms with Crippen LogP contribution >= 0.6 is 0 Å². The van der Waals surface area contributed by atoms with Gasteiger partial charge in [0.05, 0.1) is 24.2 Å². The highest BCUT2D eigenvalue weighted by Gasteiger charge is 2.25. The van der Waals surface area contributed by atoms with Crippen LogP contribution in [0.1, 0.15) is 12.2 Å². The van der Waals surface area contributed by atoms with Gasteiger partial charge in [-0.2, -0.15) is 0 Å². The number of ether oxygens (including phenoxy) is 2.